The average molecular weight is 287 g/mol. The topological polar surface area (TPSA) is 62.4 Å². The molecule has 0 saturated carbocycles. The average Bonchev–Trinajstić information content (AvgIpc) is 3.10. The number of aromatic nitrogens is 2. The Labute approximate surface area is 124 Å². The molecule has 1 aliphatic rings. The van der Waals surface area contributed by atoms with Gasteiger partial charge in [0.25, 0.3) is 0 Å². The van der Waals surface area contributed by atoms with Crippen LogP contribution in [0.25, 0.3) is 0 Å². The summed E-state index contributed by atoms with van der Waals surface area (Å²) in [5, 5.41) is 14.2. The first kappa shape index (κ1) is 14.2. The maximum atomic E-state index is 10.4. The quantitative estimate of drug-likeness (QED) is 0.915. The van der Waals surface area contributed by atoms with Gasteiger partial charge in [0.2, 0.25) is 5.89 Å². The van der Waals surface area contributed by atoms with Gasteiger partial charge in [-0.15, -0.1) is 0 Å². The first-order chi connectivity index (χ1) is 10.2. The van der Waals surface area contributed by atoms with Crippen molar-refractivity contribution in [2.75, 3.05) is 6.54 Å². The number of rotatable bonds is 5. The number of aliphatic hydroxyl groups excluding tert-OH is 1. The lowest BCUT2D eigenvalue weighted by Gasteiger charge is -2.25. The standard InChI is InChI=1S/C16H21N3O2/c1-12-17-16(21-18-12)11-19-9-5-8-14(19)10-15(20)13-6-3-2-4-7-13/h2-4,6-7,14-15,20H,5,8-11H2,1H3. The zero-order chi connectivity index (χ0) is 14.7. The van der Waals surface area contributed by atoms with Crippen LogP contribution in [0.5, 0.6) is 0 Å². The Morgan fingerprint density at radius 3 is 2.90 bits per heavy atom. The van der Waals surface area contributed by atoms with Crippen LogP contribution < -0.4 is 0 Å². The van der Waals surface area contributed by atoms with E-state index < -0.39 is 6.10 Å². The van der Waals surface area contributed by atoms with Crippen LogP contribution in [0, 0.1) is 6.92 Å². The van der Waals surface area contributed by atoms with Crippen molar-refractivity contribution in [1.82, 2.24) is 15.0 Å². The summed E-state index contributed by atoms with van der Waals surface area (Å²) < 4.78 is 5.20. The van der Waals surface area contributed by atoms with Crippen molar-refractivity contribution in [2.45, 2.75) is 44.9 Å². The van der Waals surface area contributed by atoms with Gasteiger partial charge in [-0.1, -0.05) is 35.5 Å². The van der Waals surface area contributed by atoms with Gasteiger partial charge in [-0.25, -0.2) is 0 Å². The first-order valence-electron chi connectivity index (χ1n) is 7.48. The Hall–Kier alpha value is -1.72. The van der Waals surface area contributed by atoms with Crippen LogP contribution >= 0.6 is 0 Å². The van der Waals surface area contributed by atoms with E-state index in [0.717, 1.165) is 31.4 Å². The lowest BCUT2D eigenvalue weighted by Crippen LogP contribution is -2.30. The summed E-state index contributed by atoms with van der Waals surface area (Å²) in [6, 6.07) is 10.2. The Morgan fingerprint density at radius 2 is 2.19 bits per heavy atom. The van der Waals surface area contributed by atoms with E-state index in [1.807, 2.05) is 37.3 Å². The summed E-state index contributed by atoms with van der Waals surface area (Å²) in [4.78, 5) is 6.60. The van der Waals surface area contributed by atoms with Gasteiger partial charge in [0.1, 0.15) is 0 Å². The van der Waals surface area contributed by atoms with Crippen LogP contribution in [0.4, 0.5) is 0 Å². The molecule has 2 aromatic rings. The van der Waals surface area contributed by atoms with E-state index in [1.165, 1.54) is 0 Å². The molecule has 0 spiro atoms. The molecule has 0 radical (unpaired) electrons. The van der Waals surface area contributed by atoms with Crippen molar-refractivity contribution < 1.29 is 9.63 Å². The molecule has 1 aromatic carbocycles. The highest BCUT2D eigenvalue weighted by molar-refractivity contribution is 5.17. The SMILES string of the molecule is Cc1noc(CN2CCCC2CC(O)c2ccccc2)n1. The molecule has 1 saturated heterocycles. The van der Waals surface area contributed by atoms with Gasteiger partial charge in [0, 0.05) is 6.04 Å². The van der Waals surface area contributed by atoms with Crippen molar-refractivity contribution in [3.8, 4) is 0 Å². The van der Waals surface area contributed by atoms with Crippen LogP contribution in [0.15, 0.2) is 34.9 Å². The Balaban J connectivity index is 1.61. The van der Waals surface area contributed by atoms with Crippen molar-refractivity contribution >= 4 is 0 Å². The summed E-state index contributed by atoms with van der Waals surface area (Å²) in [5.74, 6) is 1.33. The van der Waals surface area contributed by atoms with Gasteiger partial charge in [-0.3, -0.25) is 4.90 Å². The van der Waals surface area contributed by atoms with Crippen LogP contribution in [-0.4, -0.2) is 32.7 Å². The minimum Gasteiger partial charge on any atom is -0.388 e. The highest BCUT2D eigenvalue weighted by Crippen LogP contribution is 2.28. The molecule has 0 amide bonds. The van der Waals surface area contributed by atoms with E-state index in [2.05, 4.69) is 15.0 Å². The molecule has 2 atom stereocenters. The maximum Gasteiger partial charge on any atom is 0.240 e. The lowest BCUT2D eigenvalue weighted by molar-refractivity contribution is 0.112. The van der Waals surface area contributed by atoms with Crippen LogP contribution in [-0.2, 0) is 6.54 Å². The highest BCUT2D eigenvalue weighted by atomic mass is 16.5. The molecule has 1 N–H and O–H groups in total. The molecule has 2 unspecified atom stereocenters. The van der Waals surface area contributed by atoms with Crippen molar-refractivity contribution in [3.63, 3.8) is 0 Å². The number of likely N-dealkylation sites (tertiary alicyclic amines) is 1. The maximum absolute atomic E-state index is 10.4. The van der Waals surface area contributed by atoms with Gasteiger partial charge in [-0.2, -0.15) is 4.98 Å². The Bertz CT molecular complexity index is 570. The fraction of sp³-hybridized carbons (Fsp3) is 0.500. The van der Waals surface area contributed by atoms with Gasteiger partial charge in [0.05, 0.1) is 12.6 Å². The molecular formula is C16H21N3O2. The normalized spacial score (nSPS) is 20.8. The smallest absolute Gasteiger partial charge is 0.240 e. The summed E-state index contributed by atoms with van der Waals surface area (Å²) >= 11 is 0. The Morgan fingerprint density at radius 1 is 1.38 bits per heavy atom. The van der Waals surface area contributed by atoms with E-state index in [0.29, 0.717) is 24.3 Å². The fourth-order valence-corrected chi connectivity index (χ4v) is 3.02. The van der Waals surface area contributed by atoms with E-state index in [9.17, 15) is 5.11 Å². The molecule has 3 rings (SSSR count). The summed E-state index contributed by atoms with van der Waals surface area (Å²) in [6.07, 6.45) is 2.59. The molecule has 112 valence electrons. The van der Waals surface area contributed by atoms with E-state index in [4.69, 9.17) is 4.52 Å². The molecule has 0 bridgehead atoms. The summed E-state index contributed by atoms with van der Waals surface area (Å²) in [5.41, 5.74) is 0.984. The lowest BCUT2D eigenvalue weighted by atomic mass is 10.0. The van der Waals surface area contributed by atoms with E-state index in [-0.39, 0.29) is 0 Å². The van der Waals surface area contributed by atoms with Gasteiger partial charge < -0.3 is 9.63 Å². The van der Waals surface area contributed by atoms with Crippen LogP contribution in [0.3, 0.4) is 0 Å². The molecule has 1 aliphatic heterocycles. The highest BCUT2D eigenvalue weighted by Gasteiger charge is 2.28. The number of benzene rings is 1. The fourth-order valence-electron chi connectivity index (χ4n) is 3.02. The van der Waals surface area contributed by atoms with Gasteiger partial charge >= 0.3 is 0 Å². The Kier molecular flexibility index (Phi) is 4.31. The second-order valence-electron chi connectivity index (χ2n) is 5.66. The minimum absolute atomic E-state index is 0.368. The molecule has 21 heavy (non-hydrogen) atoms. The summed E-state index contributed by atoms with van der Waals surface area (Å²) in [6.45, 7) is 3.52. The molecule has 1 fully saturated rings. The number of aliphatic hydroxyl groups is 1. The third-order valence-electron chi connectivity index (χ3n) is 4.09. The van der Waals surface area contributed by atoms with Gasteiger partial charge in [-0.05, 0) is 38.3 Å². The number of hydrogen-bond acceptors (Lipinski definition) is 5. The largest absolute Gasteiger partial charge is 0.388 e. The monoisotopic (exact) mass is 287 g/mol. The van der Waals surface area contributed by atoms with Crippen molar-refractivity contribution in [1.29, 1.82) is 0 Å². The number of nitrogens with zero attached hydrogens (tertiary/aromatic N) is 3. The van der Waals surface area contributed by atoms with Crippen LogP contribution in [0.1, 0.15) is 42.6 Å². The first-order valence-corrected chi connectivity index (χ1v) is 7.48. The number of aryl methyl sites for hydroxylation is 1. The van der Waals surface area contributed by atoms with Crippen LogP contribution in [0.2, 0.25) is 0 Å². The molecular weight excluding hydrogens is 266 g/mol. The number of hydrogen-bond donors (Lipinski definition) is 1. The molecule has 5 heteroatoms. The van der Waals surface area contributed by atoms with Crippen molar-refractivity contribution in [3.05, 3.63) is 47.6 Å². The molecule has 1 aromatic heterocycles. The van der Waals surface area contributed by atoms with E-state index in [1.54, 1.807) is 0 Å². The second kappa shape index (κ2) is 6.37. The molecule has 2 heterocycles. The third kappa shape index (κ3) is 3.49. The van der Waals surface area contributed by atoms with Gasteiger partial charge in [0.15, 0.2) is 5.82 Å². The predicted molar refractivity (Wildman–Crippen MR) is 78.5 cm³/mol. The minimum atomic E-state index is -0.416. The predicted octanol–water partition coefficient (Wildman–Crippen LogP) is 2.47. The second-order valence-corrected chi connectivity index (χ2v) is 5.66. The zero-order valence-electron chi connectivity index (χ0n) is 12.3. The summed E-state index contributed by atoms with van der Waals surface area (Å²) in [7, 11) is 0. The molecule has 5 nitrogen and oxygen atoms in total. The van der Waals surface area contributed by atoms with E-state index >= 15 is 0 Å². The molecule has 0 aliphatic carbocycles. The van der Waals surface area contributed by atoms with Crippen molar-refractivity contribution in [2.24, 2.45) is 0 Å². The zero-order valence-corrected chi connectivity index (χ0v) is 12.3. The third-order valence-corrected chi connectivity index (χ3v) is 4.09.